The molecule has 1 atom stereocenters. The Labute approximate surface area is 169 Å². The Kier molecular flexibility index (Phi) is 5.19. The number of nitrogens with two attached hydrogens (primary N) is 1. The van der Waals surface area contributed by atoms with Gasteiger partial charge < -0.3 is 20.5 Å². The fraction of sp³-hybridized carbons (Fsp3) is 0.318. The van der Waals surface area contributed by atoms with Crippen LogP contribution in [0.3, 0.4) is 0 Å². The van der Waals surface area contributed by atoms with Crippen LogP contribution in [0.4, 0.5) is 4.79 Å². The van der Waals surface area contributed by atoms with Crippen LogP contribution in [-0.2, 0) is 13.6 Å². The Hall–Kier alpha value is -3.37. The zero-order valence-corrected chi connectivity index (χ0v) is 16.4. The SMILES string of the molecule is Cn1c(C(N)c2ccc(C#N)cc2)nc2cc(CNC(=O)N3CCCC3)ccc21. The van der Waals surface area contributed by atoms with Gasteiger partial charge in [0.2, 0.25) is 0 Å². The van der Waals surface area contributed by atoms with Crippen molar-refractivity contribution in [1.82, 2.24) is 19.8 Å². The Bertz CT molecular complexity index is 1070. The average Bonchev–Trinajstić information content (AvgIpc) is 3.40. The highest BCUT2D eigenvalue weighted by atomic mass is 16.2. The maximum absolute atomic E-state index is 12.2. The van der Waals surface area contributed by atoms with Gasteiger partial charge in [-0.05, 0) is 48.2 Å². The summed E-state index contributed by atoms with van der Waals surface area (Å²) in [5.74, 6) is 0.753. The predicted octanol–water partition coefficient (Wildman–Crippen LogP) is 2.80. The van der Waals surface area contributed by atoms with E-state index >= 15 is 0 Å². The van der Waals surface area contributed by atoms with E-state index in [1.165, 1.54) is 0 Å². The lowest BCUT2D eigenvalue weighted by Gasteiger charge is -2.16. The summed E-state index contributed by atoms with van der Waals surface area (Å²) in [7, 11) is 1.95. The molecular formula is C22H24N6O. The molecule has 1 saturated heterocycles. The van der Waals surface area contributed by atoms with Crippen molar-refractivity contribution < 1.29 is 4.79 Å². The lowest BCUT2D eigenvalue weighted by atomic mass is 10.1. The smallest absolute Gasteiger partial charge is 0.317 e. The van der Waals surface area contributed by atoms with Crippen LogP contribution in [0.5, 0.6) is 0 Å². The summed E-state index contributed by atoms with van der Waals surface area (Å²) in [6.45, 7) is 2.14. The number of hydrogen-bond acceptors (Lipinski definition) is 4. The minimum atomic E-state index is -0.390. The van der Waals surface area contributed by atoms with Gasteiger partial charge >= 0.3 is 6.03 Å². The fourth-order valence-corrected chi connectivity index (χ4v) is 3.78. The van der Waals surface area contributed by atoms with Gasteiger partial charge in [-0.1, -0.05) is 18.2 Å². The number of amides is 2. The fourth-order valence-electron chi connectivity index (χ4n) is 3.78. The van der Waals surface area contributed by atoms with Gasteiger partial charge in [-0.25, -0.2) is 9.78 Å². The molecule has 2 aromatic carbocycles. The number of carbonyl (C=O) groups excluding carboxylic acids is 1. The number of benzene rings is 2. The third-order valence-corrected chi connectivity index (χ3v) is 5.49. The zero-order chi connectivity index (χ0) is 20.4. The molecule has 4 rings (SSSR count). The van der Waals surface area contributed by atoms with Crippen molar-refractivity contribution in [2.24, 2.45) is 12.8 Å². The van der Waals surface area contributed by atoms with Gasteiger partial charge in [0.15, 0.2) is 0 Å². The number of nitrogens with one attached hydrogen (secondary N) is 1. The number of likely N-dealkylation sites (tertiary alicyclic amines) is 1. The molecule has 148 valence electrons. The average molecular weight is 388 g/mol. The van der Waals surface area contributed by atoms with E-state index < -0.39 is 6.04 Å². The second-order valence-electron chi connectivity index (χ2n) is 7.42. The zero-order valence-electron chi connectivity index (χ0n) is 16.4. The minimum absolute atomic E-state index is 0.00727. The molecule has 3 N–H and O–H groups in total. The number of rotatable bonds is 4. The molecule has 2 amide bonds. The van der Waals surface area contributed by atoms with Gasteiger partial charge in [-0.3, -0.25) is 0 Å². The van der Waals surface area contributed by atoms with E-state index in [0.717, 1.165) is 53.9 Å². The molecule has 1 unspecified atom stereocenters. The highest BCUT2D eigenvalue weighted by Gasteiger charge is 2.19. The summed E-state index contributed by atoms with van der Waals surface area (Å²) >= 11 is 0. The van der Waals surface area contributed by atoms with Gasteiger partial charge in [0.1, 0.15) is 5.82 Å². The highest BCUT2D eigenvalue weighted by molar-refractivity contribution is 5.78. The van der Waals surface area contributed by atoms with Crippen molar-refractivity contribution in [1.29, 1.82) is 5.26 Å². The number of urea groups is 1. The molecule has 0 aliphatic carbocycles. The van der Waals surface area contributed by atoms with E-state index in [1.54, 1.807) is 12.1 Å². The van der Waals surface area contributed by atoms with Crippen LogP contribution in [0.15, 0.2) is 42.5 Å². The van der Waals surface area contributed by atoms with Crippen molar-refractivity contribution in [3.8, 4) is 6.07 Å². The summed E-state index contributed by atoms with van der Waals surface area (Å²) in [5, 5.41) is 12.0. The largest absolute Gasteiger partial charge is 0.334 e. The third-order valence-electron chi connectivity index (χ3n) is 5.49. The number of aromatic nitrogens is 2. The molecule has 1 aliphatic heterocycles. The normalized spacial score (nSPS) is 14.7. The number of aryl methyl sites for hydroxylation is 1. The molecule has 7 nitrogen and oxygen atoms in total. The number of nitriles is 1. The molecule has 0 bridgehead atoms. The quantitative estimate of drug-likeness (QED) is 0.718. The van der Waals surface area contributed by atoms with Gasteiger partial charge in [0, 0.05) is 26.7 Å². The van der Waals surface area contributed by atoms with Crippen LogP contribution in [0.25, 0.3) is 11.0 Å². The summed E-state index contributed by atoms with van der Waals surface area (Å²) in [6.07, 6.45) is 2.16. The first-order valence-corrected chi connectivity index (χ1v) is 9.80. The summed E-state index contributed by atoms with van der Waals surface area (Å²) < 4.78 is 1.99. The van der Waals surface area contributed by atoms with Crippen LogP contribution < -0.4 is 11.1 Å². The molecule has 2 heterocycles. The number of fused-ring (bicyclic) bond motifs is 1. The van der Waals surface area contributed by atoms with Crippen molar-refractivity contribution in [3.63, 3.8) is 0 Å². The number of nitrogens with zero attached hydrogens (tertiary/aromatic N) is 4. The third kappa shape index (κ3) is 3.80. The van der Waals surface area contributed by atoms with Crippen LogP contribution >= 0.6 is 0 Å². The first-order valence-electron chi connectivity index (χ1n) is 9.80. The van der Waals surface area contributed by atoms with E-state index in [-0.39, 0.29) is 6.03 Å². The predicted molar refractivity (Wildman–Crippen MR) is 111 cm³/mol. The minimum Gasteiger partial charge on any atom is -0.334 e. The first-order chi connectivity index (χ1) is 14.1. The maximum Gasteiger partial charge on any atom is 0.317 e. The molecule has 0 spiro atoms. The highest BCUT2D eigenvalue weighted by Crippen LogP contribution is 2.24. The second-order valence-corrected chi connectivity index (χ2v) is 7.42. The van der Waals surface area contributed by atoms with E-state index in [9.17, 15) is 4.79 Å². The first kappa shape index (κ1) is 19.0. The number of carbonyl (C=O) groups is 1. The molecule has 0 radical (unpaired) electrons. The second kappa shape index (κ2) is 7.94. The van der Waals surface area contributed by atoms with Crippen molar-refractivity contribution in [2.75, 3.05) is 13.1 Å². The summed E-state index contributed by atoms with van der Waals surface area (Å²) in [4.78, 5) is 18.8. The van der Waals surface area contributed by atoms with Gasteiger partial charge in [0.25, 0.3) is 0 Å². The Morgan fingerprint density at radius 2 is 1.97 bits per heavy atom. The van der Waals surface area contributed by atoms with Crippen molar-refractivity contribution >= 4 is 17.1 Å². The Morgan fingerprint density at radius 1 is 1.24 bits per heavy atom. The van der Waals surface area contributed by atoms with Crippen molar-refractivity contribution in [3.05, 3.63) is 65.0 Å². The molecule has 3 aromatic rings. The lowest BCUT2D eigenvalue weighted by molar-refractivity contribution is 0.208. The van der Waals surface area contributed by atoms with E-state index in [2.05, 4.69) is 11.4 Å². The summed E-state index contributed by atoms with van der Waals surface area (Å²) in [6, 6.07) is 15.0. The molecule has 1 aliphatic rings. The number of hydrogen-bond donors (Lipinski definition) is 2. The van der Waals surface area contributed by atoms with Gasteiger partial charge in [0.05, 0.1) is 28.7 Å². The van der Waals surface area contributed by atoms with Crippen LogP contribution in [-0.4, -0.2) is 33.6 Å². The van der Waals surface area contributed by atoms with Gasteiger partial charge in [-0.2, -0.15) is 5.26 Å². The maximum atomic E-state index is 12.2. The van der Waals surface area contributed by atoms with Crippen LogP contribution in [0, 0.1) is 11.3 Å². The molecule has 1 fully saturated rings. The molecule has 29 heavy (non-hydrogen) atoms. The Balaban J connectivity index is 1.53. The standard InChI is InChI=1S/C22H24N6O/c1-27-19-9-6-16(14-25-22(29)28-10-2-3-11-28)12-18(19)26-21(27)20(24)17-7-4-15(13-23)5-8-17/h4-9,12,20H,2-3,10-11,14,24H2,1H3,(H,25,29). The van der Waals surface area contributed by atoms with E-state index in [4.69, 9.17) is 16.0 Å². The topological polar surface area (TPSA) is 100.0 Å². The van der Waals surface area contributed by atoms with E-state index in [0.29, 0.717) is 12.1 Å². The van der Waals surface area contributed by atoms with Crippen molar-refractivity contribution in [2.45, 2.75) is 25.4 Å². The van der Waals surface area contributed by atoms with Gasteiger partial charge in [-0.15, -0.1) is 0 Å². The molecule has 7 heteroatoms. The summed E-state index contributed by atoms with van der Waals surface area (Å²) in [5.41, 5.74) is 10.8. The van der Waals surface area contributed by atoms with E-state index in [1.807, 2.05) is 46.8 Å². The van der Waals surface area contributed by atoms with Crippen LogP contribution in [0.1, 0.15) is 41.4 Å². The Morgan fingerprint density at radius 3 is 2.66 bits per heavy atom. The molecule has 0 saturated carbocycles. The lowest BCUT2D eigenvalue weighted by Crippen LogP contribution is -2.37. The molecule has 1 aromatic heterocycles. The number of imidazole rings is 1. The van der Waals surface area contributed by atoms with Crippen LogP contribution in [0.2, 0.25) is 0 Å². The monoisotopic (exact) mass is 388 g/mol. The molecular weight excluding hydrogens is 364 g/mol.